The Morgan fingerprint density at radius 3 is 1.70 bits per heavy atom. The van der Waals surface area contributed by atoms with Gasteiger partial charge >= 0.3 is 0 Å². The number of rotatable bonds is 6. The molecule has 6 aromatic rings. The topological polar surface area (TPSA) is 162 Å². The lowest BCUT2D eigenvalue weighted by Gasteiger charge is -2.27. The molecule has 0 aliphatic heterocycles. The van der Waals surface area contributed by atoms with Crippen molar-refractivity contribution < 1.29 is 13.5 Å². The molecule has 15 heteroatoms. The van der Waals surface area contributed by atoms with Gasteiger partial charge in [0, 0.05) is 88.5 Å². The van der Waals surface area contributed by atoms with Crippen LogP contribution < -0.4 is 16.4 Å². The molecule has 2 aromatic carbocycles. The molecule has 0 radical (unpaired) electrons. The Labute approximate surface area is 318 Å². The first kappa shape index (κ1) is 41.1. The fourth-order valence-electron chi connectivity index (χ4n) is 6.14. The van der Waals surface area contributed by atoms with Crippen molar-refractivity contribution in [1.29, 1.82) is 0 Å². The van der Waals surface area contributed by atoms with Gasteiger partial charge in [-0.25, -0.2) is 18.4 Å². The molecule has 0 bridgehead atoms. The van der Waals surface area contributed by atoms with Crippen LogP contribution >= 0.6 is 23.2 Å². The molecule has 1 fully saturated rings. The SMILES string of the molecule is C.C.Cn1c(=O)c(-c2ccccc2Cl)cc2cnc(NC3CCC(CO)CC3)nc21.Cn1c(=O)c(-c2ccccc2Cl)cc2cnc(S(C)(=O)=O)nc21. The maximum absolute atomic E-state index is 12.9. The lowest BCUT2D eigenvalue weighted by atomic mass is 9.87. The quantitative estimate of drug-likeness (QED) is 0.170. The number of aliphatic hydroxyl groups excluding tert-OH is 1. The third-order valence-electron chi connectivity index (χ3n) is 8.97. The number of nitrogens with zero attached hydrogens (tertiary/aromatic N) is 6. The number of hydrogen-bond acceptors (Lipinski definition) is 10. The van der Waals surface area contributed by atoms with Gasteiger partial charge in [0.25, 0.3) is 11.1 Å². The molecule has 280 valence electrons. The average Bonchev–Trinajstić information content (AvgIpc) is 3.12. The van der Waals surface area contributed by atoms with E-state index in [1.807, 2.05) is 18.2 Å². The minimum absolute atomic E-state index is 0. The van der Waals surface area contributed by atoms with Crippen molar-refractivity contribution >= 4 is 61.1 Å². The number of sulfone groups is 1. The first-order chi connectivity index (χ1) is 24.3. The molecule has 1 aliphatic rings. The fraction of sp³-hybridized carbons (Fsp3) is 0.316. The number of anilines is 1. The van der Waals surface area contributed by atoms with Crippen LogP contribution in [0, 0.1) is 5.92 Å². The summed E-state index contributed by atoms with van der Waals surface area (Å²) in [4.78, 5) is 42.4. The van der Waals surface area contributed by atoms with Crippen LogP contribution in [0.1, 0.15) is 40.5 Å². The zero-order valence-corrected chi connectivity index (χ0v) is 30.4. The van der Waals surface area contributed by atoms with Crippen LogP contribution in [0.25, 0.3) is 44.3 Å². The third-order valence-corrected chi connectivity index (χ3v) is 10.5. The number of hydrogen-bond donors (Lipinski definition) is 2. The summed E-state index contributed by atoms with van der Waals surface area (Å²) in [5.41, 5.74) is 2.62. The lowest BCUT2D eigenvalue weighted by Crippen LogP contribution is -2.28. The number of nitrogens with one attached hydrogen (secondary N) is 1. The summed E-state index contributed by atoms with van der Waals surface area (Å²) in [6.45, 7) is 0.259. The standard InChI is InChI=1S/C21H23ClN4O2.C15H12ClN3O3S.2CH4/c1-26-19-14(10-17(20(26)28)16-4-2-3-5-18(16)22)11-23-21(25-19)24-15-8-6-13(12-27)7-9-15;1-19-13-9(8-17-15(18-13)23(2,21)22)7-11(14(19)20)10-5-3-4-6-12(10)16;;/h2-5,10-11,13,15,27H,6-9,12H2,1H3,(H,23,24,25);3-8H,1-2H3;2*1H4. The molecule has 0 spiro atoms. The van der Waals surface area contributed by atoms with E-state index in [2.05, 4.69) is 25.3 Å². The summed E-state index contributed by atoms with van der Waals surface area (Å²) in [7, 11) is -0.303. The van der Waals surface area contributed by atoms with Crippen LogP contribution in [0.5, 0.6) is 0 Å². The highest BCUT2D eigenvalue weighted by molar-refractivity contribution is 7.90. The molecule has 4 heterocycles. The van der Waals surface area contributed by atoms with Crippen LogP contribution in [0.4, 0.5) is 5.95 Å². The molecule has 0 amide bonds. The zero-order chi connectivity index (χ0) is 36.4. The Kier molecular flexibility index (Phi) is 13.2. The molecular formula is C38H43Cl2N7O5S. The lowest BCUT2D eigenvalue weighted by molar-refractivity contribution is 0.185. The molecule has 0 saturated heterocycles. The molecule has 0 unspecified atom stereocenters. The van der Waals surface area contributed by atoms with Gasteiger partial charge in [0.2, 0.25) is 20.9 Å². The molecule has 1 saturated carbocycles. The highest BCUT2D eigenvalue weighted by Crippen LogP contribution is 2.29. The Bertz CT molecular complexity index is 2500. The van der Waals surface area contributed by atoms with Crippen LogP contribution in [0.3, 0.4) is 0 Å². The maximum atomic E-state index is 12.9. The summed E-state index contributed by atoms with van der Waals surface area (Å²) in [6, 6.07) is 18.0. The summed E-state index contributed by atoms with van der Waals surface area (Å²) in [6.07, 6.45) is 8.11. The number of halogens is 2. The van der Waals surface area contributed by atoms with Gasteiger partial charge in [0.05, 0.1) is 0 Å². The Balaban J connectivity index is 0.000000232. The maximum Gasteiger partial charge on any atom is 0.259 e. The average molecular weight is 781 g/mol. The van der Waals surface area contributed by atoms with E-state index in [0.717, 1.165) is 37.3 Å². The van der Waals surface area contributed by atoms with Gasteiger partial charge in [-0.15, -0.1) is 0 Å². The van der Waals surface area contributed by atoms with E-state index in [1.54, 1.807) is 60.3 Å². The van der Waals surface area contributed by atoms with E-state index in [-0.39, 0.29) is 43.4 Å². The molecule has 7 rings (SSSR count). The van der Waals surface area contributed by atoms with Gasteiger partial charge in [0.15, 0.2) is 0 Å². The summed E-state index contributed by atoms with van der Waals surface area (Å²) in [5, 5.41) is 14.7. The highest BCUT2D eigenvalue weighted by Gasteiger charge is 2.22. The first-order valence-corrected chi connectivity index (χ1v) is 18.8. The third kappa shape index (κ3) is 8.76. The van der Waals surface area contributed by atoms with Gasteiger partial charge < -0.3 is 10.4 Å². The van der Waals surface area contributed by atoms with Crippen LogP contribution in [0.2, 0.25) is 10.0 Å². The van der Waals surface area contributed by atoms with E-state index < -0.39 is 9.84 Å². The minimum Gasteiger partial charge on any atom is -0.396 e. The Morgan fingerprint density at radius 2 is 1.23 bits per heavy atom. The normalized spacial score (nSPS) is 15.5. The van der Waals surface area contributed by atoms with Crippen molar-refractivity contribution in [3.63, 3.8) is 0 Å². The minimum atomic E-state index is -3.55. The van der Waals surface area contributed by atoms with Crippen molar-refractivity contribution in [2.24, 2.45) is 20.0 Å². The number of fused-ring (bicyclic) bond motifs is 2. The molecule has 4 aromatic heterocycles. The van der Waals surface area contributed by atoms with Crippen molar-refractivity contribution in [3.05, 3.63) is 104 Å². The van der Waals surface area contributed by atoms with E-state index in [0.29, 0.717) is 61.2 Å². The van der Waals surface area contributed by atoms with Gasteiger partial charge in [-0.05, 0) is 55.9 Å². The number of aryl methyl sites for hydroxylation is 2. The molecule has 0 atom stereocenters. The van der Waals surface area contributed by atoms with Crippen LogP contribution in [-0.4, -0.2) is 61.5 Å². The van der Waals surface area contributed by atoms with E-state index in [9.17, 15) is 23.1 Å². The second-order valence-corrected chi connectivity index (χ2v) is 15.2. The molecule has 53 heavy (non-hydrogen) atoms. The molecule has 1 aliphatic carbocycles. The van der Waals surface area contributed by atoms with Crippen LogP contribution in [-0.2, 0) is 23.9 Å². The predicted molar refractivity (Wildman–Crippen MR) is 213 cm³/mol. The molecule has 12 nitrogen and oxygen atoms in total. The summed E-state index contributed by atoms with van der Waals surface area (Å²) >= 11 is 12.4. The number of benzene rings is 2. The highest BCUT2D eigenvalue weighted by atomic mass is 35.5. The number of aromatic nitrogens is 6. The number of pyridine rings is 2. The van der Waals surface area contributed by atoms with Gasteiger partial charge in [0.1, 0.15) is 11.3 Å². The van der Waals surface area contributed by atoms with E-state index >= 15 is 0 Å². The molecular weight excluding hydrogens is 737 g/mol. The van der Waals surface area contributed by atoms with Gasteiger partial charge in [-0.2, -0.15) is 9.97 Å². The van der Waals surface area contributed by atoms with E-state index in [4.69, 9.17) is 23.2 Å². The van der Waals surface area contributed by atoms with Crippen molar-refractivity contribution in [2.75, 3.05) is 18.2 Å². The second kappa shape index (κ2) is 17.0. The summed E-state index contributed by atoms with van der Waals surface area (Å²) < 4.78 is 26.0. The summed E-state index contributed by atoms with van der Waals surface area (Å²) in [5.74, 6) is 0.931. The fourth-order valence-corrected chi connectivity index (χ4v) is 7.11. The van der Waals surface area contributed by atoms with Crippen molar-refractivity contribution in [3.8, 4) is 22.3 Å². The Hall–Kier alpha value is -4.69. The predicted octanol–water partition coefficient (Wildman–Crippen LogP) is 6.94. The zero-order valence-electron chi connectivity index (χ0n) is 28.0. The number of aliphatic hydroxyl groups is 1. The van der Waals surface area contributed by atoms with Gasteiger partial charge in [-0.3, -0.25) is 18.7 Å². The van der Waals surface area contributed by atoms with Crippen molar-refractivity contribution in [1.82, 2.24) is 29.1 Å². The Morgan fingerprint density at radius 1 is 0.755 bits per heavy atom. The van der Waals surface area contributed by atoms with Gasteiger partial charge in [-0.1, -0.05) is 74.5 Å². The molecule has 2 N–H and O–H groups in total. The van der Waals surface area contributed by atoms with Crippen molar-refractivity contribution in [2.45, 2.75) is 51.7 Å². The van der Waals surface area contributed by atoms with E-state index in [1.165, 1.54) is 17.8 Å². The second-order valence-electron chi connectivity index (χ2n) is 12.5. The first-order valence-electron chi connectivity index (χ1n) is 16.2. The van der Waals surface area contributed by atoms with Crippen LogP contribution in [0.15, 0.2) is 87.8 Å². The largest absolute Gasteiger partial charge is 0.396 e. The smallest absolute Gasteiger partial charge is 0.259 e. The monoisotopic (exact) mass is 779 g/mol.